The Balaban J connectivity index is 1.81. The Morgan fingerprint density at radius 3 is 2.64 bits per heavy atom. The highest BCUT2D eigenvalue weighted by Gasteiger charge is 2.31. The van der Waals surface area contributed by atoms with Gasteiger partial charge in [0, 0.05) is 31.3 Å². The average Bonchev–Trinajstić information content (AvgIpc) is 2.63. The molecule has 2 saturated heterocycles. The summed E-state index contributed by atoms with van der Waals surface area (Å²) in [6, 6.07) is 1.98. The minimum absolute atomic E-state index is 0.399. The third-order valence-corrected chi connectivity index (χ3v) is 3.71. The molecule has 3 heteroatoms. The van der Waals surface area contributed by atoms with E-state index in [1.54, 1.807) is 0 Å². The van der Waals surface area contributed by atoms with Crippen LogP contribution in [0.2, 0.25) is 0 Å². The predicted molar refractivity (Wildman–Crippen MR) is 57.5 cm³/mol. The lowest BCUT2D eigenvalue weighted by Gasteiger charge is -2.21. The summed E-state index contributed by atoms with van der Waals surface area (Å²) in [4.78, 5) is 2.43. The summed E-state index contributed by atoms with van der Waals surface area (Å²) < 4.78 is 5.55. The zero-order valence-corrected chi connectivity index (χ0v) is 9.49. The Hall–Kier alpha value is -0.120. The van der Waals surface area contributed by atoms with Crippen molar-refractivity contribution in [2.75, 3.05) is 20.2 Å². The molecule has 0 amide bonds. The molecule has 2 aliphatic rings. The molecule has 3 nitrogen and oxygen atoms in total. The van der Waals surface area contributed by atoms with Gasteiger partial charge < -0.3 is 15.0 Å². The van der Waals surface area contributed by atoms with Crippen molar-refractivity contribution in [3.05, 3.63) is 0 Å². The highest BCUT2D eigenvalue weighted by molar-refractivity contribution is 4.90. The van der Waals surface area contributed by atoms with Gasteiger partial charge in [0.15, 0.2) is 0 Å². The van der Waals surface area contributed by atoms with E-state index in [2.05, 4.69) is 31.1 Å². The van der Waals surface area contributed by atoms with Crippen LogP contribution < -0.4 is 5.32 Å². The van der Waals surface area contributed by atoms with Gasteiger partial charge in [0.2, 0.25) is 0 Å². The standard InChI is InChI=1S/C11H22N2O/c1-8-6-10(7-13(8)3)12-11-4-5-14-9(11)2/h8-12H,4-7H2,1-3H3. The second-order valence-corrected chi connectivity index (χ2v) is 4.86. The Morgan fingerprint density at radius 2 is 2.14 bits per heavy atom. The van der Waals surface area contributed by atoms with E-state index >= 15 is 0 Å². The molecule has 0 aliphatic carbocycles. The molecule has 0 saturated carbocycles. The van der Waals surface area contributed by atoms with Crippen molar-refractivity contribution in [2.24, 2.45) is 0 Å². The Kier molecular flexibility index (Phi) is 3.10. The molecule has 14 heavy (non-hydrogen) atoms. The summed E-state index contributed by atoms with van der Waals surface area (Å²) in [6.45, 7) is 6.59. The molecule has 4 atom stereocenters. The fourth-order valence-corrected chi connectivity index (χ4v) is 2.57. The number of rotatable bonds is 2. The van der Waals surface area contributed by atoms with Gasteiger partial charge in [0.1, 0.15) is 0 Å². The van der Waals surface area contributed by atoms with Crippen molar-refractivity contribution in [2.45, 2.75) is 50.9 Å². The van der Waals surface area contributed by atoms with Gasteiger partial charge in [0.25, 0.3) is 0 Å². The van der Waals surface area contributed by atoms with Crippen LogP contribution in [0.5, 0.6) is 0 Å². The molecule has 0 spiro atoms. The fourth-order valence-electron chi connectivity index (χ4n) is 2.57. The molecule has 0 aromatic heterocycles. The van der Waals surface area contributed by atoms with Gasteiger partial charge in [-0.1, -0.05) is 0 Å². The van der Waals surface area contributed by atoms with Gasteiger partial charge in [-0.05, 0) is 33.7 Å². The lowest BCUT2D eigenvalue weighted by atomic mass is 10.1. The predicted octanol–water partition coefficient (Wildman–Crippen LogP) is 0.846. The van der Waals surface area contributed by atoms with E-state index in [0.29, 0.717) is 18.2 Å². The van der Waals surface area contributed by atoms with Crippen molar-refractivity contribution in [1.29, 1.82) is 0 Å². The number of likely N-dealkylation sites (tertiary alicyclic amines) is 1. The third kappa shape index (κ3) is 2.10. The van der Waals surface area contributed by atoms with Crippen LogP contribution in [-0.2, 0) is 4.74 Å². The average molecular weight is 198 g/mol. The van der Waals surface area contributed by atoms with Crippen molar-refractivity contribution in [1.82, 2.24) is 10.2 Å². The first kappa shape index (κ1) is 10.4. The topological polar surface area (TPSA) is 24.5 Å². The molecule has 1 N–H and O–H groups in total. The SMILES string of the molecule is CC1OCCC1NC1CC(C)N(C)C1. The van der Waals surface area contributed by atoms with Gasteiger partial charge >= 0.3 is 0 Å². The molecule has 0 bridgehead atoms. The van der Waals surface area contributed by atoms with Crippen LogP contribution in [0.1, 0.15) is 26.7 Å². The minimum Gasteiger partial charge on any atom is -0.377 e. The fraction of sp³-hybridized carbons (Fsp3) is 1.00. The molecule has 2 rings (SSSR count). The number of nitrogens with zero attached hydrogens (tertiary/aromatic N) is 1. The highest BCUT2D eigenvalue weighted by Crippen LogP contribution is 2.19. The molecule has 0 radical (unpaired) electrons. The van der Waals surface area contributed by atoms with Crippen LogP contribution >= 0.6 is 0 Å². The first-order valence-corrected chi connectivity index (χ1v) is 5.74. The largest absolute Gasteiger partial charge is 0.377 e. The maximum atomic E-state index is 5.55. The van der Waals surface area contributed by atoms with E-state index in [9.17, 15) is 0 Å². The Labute approximate surface area is 86.8 Å². The summed E-state index contributed by atoms with van der Waals surface area (Å²) >= 11 is 0. The van der Waals surface area contributed by atoms with E-state index in [1.807, 2.05) is 0 Å². The van der Waals surface area contributed by atoms with Crippen LogP contribution in [-0.4, -0.2) is 49.3 Å². The van der Waals surface area contributed by atoms with E-state index in [1.165, 1.54) is 19.4 Å². The zero-order valence-electron chi connectivity index (χ0n) is 9.49. The summed E-state index contributed by atoms with van der Waals surface area (Å²) in [6.07, 6.45) is 2.85. The van der Waals surface area contributed by atoms with Crippen LogP contribution in [0.4, 0.5) is 0 Å². The van der Waals surface area contributed by atoms with Crippen molar-refractivity contribution in [3.8, 4) is 0 Å². The van der Waals surface area contributed by atoms with E-state index < -0.39 is 0 Å². The van der Waals surface area contributed by atoms with Crippen molar-refractivity contribution in [3.63, 3.8) is 0 Å². The highest BCUT2D eigenvalue weighted by atomic mass is 16.5. The number of ether oxygens (including phenoxy) is 1. The molecule has 2 aliphatic heterocycles. The second-order valence-electron chi connectivity index (χ2n) is 4.86. The van der Waals surface area contributed by atoms with Gasteiger partial charge in [-0.3, -0.25) is 0 Å². The van der Waals surface area contributed by atoms with Crippen molar-refractivity contribution >= 4 is 0 Å². The number of nitrogens with one attached hydrogen (secondary N) is 1. The Bertz CT molecular complexity index is 188. The maximum absolute atomic E-state index is 5.55. The number of hydrogen-bond donors (Lipinski definition) is 1. The summed E-state index contributed by atoms with van der Waals surface area (Å²) in [5.74, 6) is 0. The van der Waals surface area contributed by atoms with Gasteiger partial charge in [-0.2, -0.15) is 0 Å². The molecule has 4 unspecified atom stereocenters. The molecular formula is C11H22N2O. The molecule has 0 aromatic carbocycles. The lowest BCUT2D eigenvalue weighted by molar-refractivity contribution is 0.111. The molecule has 82 valence electrons. The summed E-state index contributed by atoms with van der Waals surface area (Å²) in [5.41, 5.74) is 0. The smallest absolute Gasteiger partial charge is 0.0700 e. The van der Waals surface area contributed by atoms with Gasteiger partial charge in [-0.25, -0.2) is 0 Å². The summed E-state index contributed by atoms with van der Waals surface area (Å²) in [7, 11) is 2.21. The normalized spacial score (nSPS) is 44.8. The van der Waals surface area contributed by atoms with E-state index in [0.717, 1.165) is 12.6 Å². The quantitative estimate of drug-likeness (QED) is 0.712. The van der Waals surface area contributed by atoms with Crippen LogP contribution in [0.25, 0.3) is 0 Å². The van der Waals surface area contributed by atoms with Crippen LogP contribution in [0, 0.1) is 0 Å². The van der Waals surface area contributed by atoms with Crippen molar-refractivity contribution < 1.29 is 4.74 Å². The minimum atomic E-state index is 0.399. The maximum Gasteiger partial charge on any atom is 0.0700 e. The second kappa shape index (κ2) is 4.17. The molecule has 2 fully saturated rings. The number of likely N-dealkylation sites (N-methyl/N-ethyl adjacent to an activating group) is 1. The molecule has 0 aromatic rings. The number of hydrogen-bond acceptors (Lipinski definition) is 3. The first-order valence-electron chi connectivity index (χ1n) is 5.74. The van der Waals surface area contributed by atoms with E-state index in [4.69, 9.17) is 4.74 Å². The summed E-state index contributed by atoms with van der Waals surface area (Å²) in [5, 5.41) is 3.72. The Morgan fingerprint density at radius 1 is 1.36 bits per heavy atom. The van der Waals surface area contributed by atoms with Crippen LogP contribution in [0.3, 0.4) is 0 Å². The van der Waals surface area contributed by atoms with Gasteiger partial charge in [-0.15, -0.1) is 0 Å². The monoisotopic (exact) mass is 198 g/mol. The lowest BCUT2D eigenvalue weighted by Crippen LogP contribution is -2.43. The molecule has 2 heterocycles. The molecular weight excluding hydrogens is 176 g/mol. The van der Waals surface area contributed by atoms with Crippen LogP contribution in [0.15, 0.2) is 0 Å². The van der Waals surface area contributed by atoms with E-state index in [-0.39, 0.29) is 0 Å². The third-order valence-electron chi connectivity index (χ3n) is 3.71. The first-order chi connectivity index (χ1) is 6.66. The van der Waals surface area contributed by atoms with Gasteiger partial charge in [0.05, 0.1) is 6.10 Å². The zero-order chi connectivity index (χ0) is 10.1.